The topological polar surface area (TPSA) is 41.1 Å². The number of benzene rings is 1. The highest BCUT2D eigenvalue weighted by molar-refractivity contribution is 6.30. The van der Waals surface area contributed by atoms with Crippen LogP contribution in [0, 0.1) is 0 Å². The molecule has 0 spiro atoms. The molecule has 0 saturated carbocycles. The average Bonchev–Trinajstić information content (AvgIpc) is 2.46. The maximum atomic E-state index is 6.05. The fourth-order valence-corrected chi connectivity index (χ4v) is 2.18. The monoisotopic (exact) mass is 290 g/mol. The number of hydrogen-bond donors (Lipinski definition) is 1. The molecule has 1 aromatic carbocycles. The second-order valence-corrected chi connectivity index (χ2v) is 5.05. The Labute approximate surface area is 124 Å². The predicted octanol–water partition coefficient (Wildman–Crippen LogP) is 3.76. The van der Waals surface area contributed by atoms with Crippen molar-refractivity contribution < 1.29 is 0 Å². The van der Waals surface area contributed by atoms with E-state index in [9.17, 15) is 0 Å². The highest BCUT2D eigenvalue weighted by Crippen LogP contribution is 2.25. The van der Waals surface area contributed by atoms with Crippen LogP contribution in [-0.2, 0) is 0 Å². The molecule has 0 aliphatic heterocycles. The lowest BCUT2D eigenvalue weighted by Gasteiger charge is -2.26. The molecule has 0 aliphatic rings. The Bertz CT molecular complexity index is 573. The molecule has 0 amide bonds. The van der Waals surface area contributed by atoms with Gasteiger partial charge in [-0.25, -0.2) is 4.98 Å². The largest absolute Gasteiger partial charge is 0.354 e. The van der Waals surface area contributed by atoms with Crippen molar-refractivity contribution >= 4 is 23.4 Å². The minimum Gasteiger partial charge on any atom is -0.354 e. The van der Waals surface area contributed by atoms with Crippen molar-refractivity contribution in [3.05, 3.63) is 47.1 Å². The molecule has 0 aliphatic carbocycles. The van der Waals surface area contributed by atoms with Crippen molar-refractivity contribution in [1.29, 1.82) is 0 Å². The summed E-state index contributed by atoms with van der Waals surface area (Å²) in [5.41, 5.74) is 1.16. The molecule has 0 radical (unpaired) electrons. The van der Waals surface area contributed by atoms with Crippen molar-refractivity contribution in [3.8, 4) is 0 Å². The Morgan fingerprint density at radius 1 is 1.35 bits per heavy atom. The van der Waals surface area contributed by atoms with Crippen LogP contribution in [-0.4, -0.2) is 23.6 Å². The van der Waals surface area contributed by atoms with E-state index in [-0.39, 0.29) is 6.04 Å². The van der Waals surface area contributed by atoms with Crippen molar-refractivity contribution in [2.45, 2.75) is 19.9 Å². The van der Waals surface area contributed by atoms with Gasteiger partial charge >= 0.3 is 0 Å². The van der Waals surface area contributed by atoms with Gasteiger partial charge in [0.15, 0.2) is 0 Å². The second kappa shape index (κ2) is 6.57. The Balaban J connectivity index is 2.21. The third kappa shape index (κ3) is 3.39. The van der Waals surface area contributed by atoms with Crippen LogP contribution in [0.25, 0.3) is 0 Å². The number of halogens is 1. The first-order valence-electron chi connectivity index (χ1n) is 6.67. The molecule has 2 aromatic rings. The number of aromatic nitrogens is 2. The van der Waals surface area contributed by atoms with E-state index in [0.29, 0.717) is 5.95 Å². The molecule has 0 fully saturated rings. The zero-order valence-corrected chi connectivity index (χ0v) is 12.7. The summed E-state index contributed by atoms with van der Waals surface area (Å²) in [7, 11) is 2.02. The average molecular weight is 291 g/mol. The number of nitrogens with zero attached hydrogens (tertiary/aromatic N) is 3. The molecule has 1 unspecified atom stereocenters. The van der Waals surface area contributed by atoms with Gasteiger partial charge in [-0.1, -0.05) is 23.7 Å². The van der Waals surface area contributed by atoms with Gasteiger partial charge in [-0.2, -0.15) is 4.98 Å². The number of rotatable bonds is 5. The lowest BCUT2D eigenvalue weighted by molar-refractivity contribution is 0.727. The van der Waals surface area contributed by atoms with Gasteiger partial charge in [0.05, 0.1) is 6.04 Å². The Hall–Kier alpha value is -1.81. The van der Waals surface area contributed by atoms with E-state index in [1.165, 1.54) is 0 Å². The van der Waals surface area contributed by atoms with E-state index in [1.54, 1.807) is 6.20 Å². The van der Waals surface area contributed by atoms with E-state index >= 15 is 0 Å². The molecule has 1 heterocycles. The first-order valence-corrected chi connectivity index (χ1v) is 7.05. The molecule has 4 nitrogen and oxygen atoms in total. The SMILES string of the molecule is CCNc1nccc(N(C)C(C)c2cccc(Cl)c2)n1. The summed E-state index contributed by atoms with van der Waals surface area (Å²) in [6.45, 7) is 4.95. The lowest BCUT2D eigenvalue weighted by Crippen LogP contribution is -2.23. The van der Waals surface area contributed by atoms with E-state index in [0.717, 1.165) is 22.9 Å². The van der Waals surface area contributed by atoms with Crippen LogP contribution in [0.1, 0.15) is 25.5 Å². The maximum absolute atomic E-state index is 6.05. The molecule has 2 rings (SSSR count). The molecule has 106 valence electrons. The Kier molecular flexibility index (Phi) is 4.79. The summed E-state index contributed by atoms with van der Waals surface area (Å²) in [4.78, 5) is 10.8. The summed E-state index contributed by atoms with van der Waals surface area (Å²) in [5, 5.41) is 3.87. The summed E-state index contributed by atoms with van der Waals surface area (Å²) in [6, 6.07) is 9.98. The maximum Gasteiger partial charge on any atom is 0.224 e. The summed E-state index contributed by atoms with van der Waals surface area (Å²) in [6.07, 6.45) is 1.77. The molecule has 20 heavy (non-hydrogen) atoms. The molecule has 1 aromatic heterocycles. The van der Waals surface area contributed by atoms with E-state index < -0.39 is 0 Å². The van der Waals surface area contributed by atoms with Gasteiger partial charge in [0, 0.05) is 24.8 Å². The Morgan fingerprint density at radius 2 is 2.15 bits per heavy atom. The molecule has 0 saturated heterocycles. The lowest BCUT2D eigenvalue weighted by atomic mass is 10.1. The summed E-state index contributed by atoms with van der Waals surface area (Å²) < 4.78 is 0. The van der Waals surface area contributed by atoms with Gasteiger partial charge < -0.3 is 10.2 Å². The first-order chi connectivity index (χ1) is 9.61. The van der Waals surface area contributed by atoms with Crippen molar-refractivity contribution in [1.82, 2.24) is 9.97 Å². The normalized spacial score (nSPS) is 12.0. The van der Waals surface area contributed by atoms with Crippen molar-refractivity contribution in [2.24, 2.45) is 0 Å². The van der Waals surface area contributed by atoms with E-state index in [1.807, 2.05) is 38.2 Å². The molecule has 5 heteroatoms. The fraction of sp³-hybridized carbons (Fsp3) is 0.333. The van der Waals surface area contributed by atoms with Gasteiger partial charge in [0.25, 0.3) is 0 Å². The number of anilines is 2. The molecule has 1 atom stereocenters. The summed E-state index contributed by atoms with van der Waals surface area (Å²) >= 11 is 6.05. The minimum atomic E-state index is 0.179. The minimum absolute atomic E-state index is 0.179. The van der Waals surface area contributed by atoms with Crippen LogP contribution in [0.4, 0.5) is 11.8 Å². The quantitative estimate of drug-likeness (QED) is 0.910. The van der Waals surface area contributed by atoms with Crippen LogP contribution in [0.2, 0.25) is 5.02 Å². The predicted molar refractivity (Wildman–Crippen MR) is 84.5 cm³/mol. The van der Waals surface area contributed by atoms with Crippen molar-refractivity contribution in [2.75, 3.05) is 23.8 Å². The smallest absolute Gasteiger partial charge is 0.224 e. The number of hydrogen-bond acceptors (Lipinski definition) is 4. The standard InChI is InChI=1S/C15H19ClN4/c1-4-17-15-18-9-8-14(19-15)20(3)11(2)12-6-5-7-13(16)10-12/h5-11H,4H2,1-3H3,(H,17,18,19). The Morgan fingerprint density at radius 3 is 2.85 bits per heavy atom. The van der Waals surface area contributed by atoms with Crippen LogP contribution < -0.4 is 10.2 Å². The van der Waals surface area contributed by atoms with Crippen LogP contribution in [0.15, 0.2) is 36.5 Å². The third-order valence-electron chi connectivity index (χ3n) is 3.25. The van der Waals surface area contributed by atoms with Crippen LogP contribution >= 0.6 is 11.6 Å². The van der Waals surface area contributed by atoms with E-state index in [4.69, 9.17) is 11.6 Å². The second-order valence-electron chi connectivity index (χ2n) is 4.61. The fourth-order valence-electron chi connectivity index (χ4n) is 1.98. The van der Waals surface area contributed by atoms with Gasteiger partial charge in [0.1, 0.15) is 5.82 Å². The van der Waals surface area contributed by atoms with Crippen LogP contribution in [0.5, 0.6) is 0 Å². The van der Waals surface area contributed by atoms with Gasteiger partial charge in [-0.15, -0.1) is 0 Å². The van der Waals surface area contributed by atoms with Gasteiger partial charge in [-0.3, -0.25) is 0 Å². The van der Waals surface area contributed by atoms with Gasteiger partial charge in [-0.05, 0) is 37.6 Å². The van der Waals surface area contributed by atoms with Gasteiger partial charge in [0.2, 0.25) is 5.95 Å². The first kappa shape index (κ1) is 14.6. The zero-order valence-electron chi connectivity index (χ0n) is 12.0. The van der Waals surface area contributed by atoms with E-state index in [2.05, 4.69) is 33.2 Å². The highest BCUT2D eigenvalue weighted by atomic mass is 35.5. The number of nitrogens with one attached hydrogen (secondary N) is 1. The molecule has 0 bridgehead atoms. The third-order valence-corrected chi connectivity index (χ3v) is 3.48. The van der Waals surface area contributed by atoms with Crippen LogP contribution in [0.3, 0.4) is 0 Å². The molecule has 1 N–H and O–H groups in total. The van der Waals surface area contributed by atoms with Crippen molar-refractivity contribution in [3.63, 3.8) is 0 Å². The molecular formula is C15H19ClN4. The summed E-state index contributed by atoms with van der Waals surface area (Å²) in [5.74, 6) is 1.53. The zero-order chi connectivity index (χ0) is 14.5. The molecular weight excluding hydrogens is 272 g/mol. The highest BCUT2D eigenvalue weighted by Gasteiger charge is 2.14.